The topological polar surface area (TPSA) is 153 Å². The molecule has 12 nitrogen and oxygen atoms in total. The molecule has 1 fully saturated rings. The zero-order chi connectivity index (χ0) is 22.4. The second kappa shape index (κ2) is 9.96. The maximum absolute atomic E-state index is 12.3. The minimum Gasteiger partial charge on any atom is -0.467 e. The molecule has 2 rings (SSSR count). The number of ketones is 1. The smallest absolute Gasteiger partial charge is 0.339 e. The zero-order valence-corrected chi connectivity index (χ0v) is 16.7. The van der Waals surface area contributed by atoms with Gasteiger partial charge in [0, 0.05) is 26.8 Å². The molecule has 2 heterocycles. The van der Waals surface area contributed by atoms with E-state index in [1.165, 1.54) is 12.2 Å². The Morgan fingerprint density at radius 1 is 0.933 bits per heavy atom. The number of dihydropyridines is 1. The highest BCUT2D eigenvalue weighted by molar-refractivity contribution is 6.03. The van der Waals surface area contributed by atoms with Crippen LogP contribution in [0.1, 0.15) is 20.8 Å². The fourth-order valence-corrected chi connectivity index (χ4v) is 2.80. The number of rotatable bonds is 5. The predicted molar refractivity (Wildman–Crippen MR) is 94.9 cm³/mol. The van der Waals surface area contributed by atoms with E-state index in [9.17, 15) is 24.0 Å². The molecule has 2 aliphatic rings. The standard InChI is InChI=1S/C18H21NO11/c1-8(20)26-13-14(27-9(2)21)16(28-10(3)22)18(30-15(13)17(24)25-4)29-12-6-5-11(23)7-19-12/h5-6,13-16,18H,7H2,1-4H3. The molecule has 0 spiro atoms. The lowest BCUT2D eigenvalue weighted by atomic mass is 9.97. The summed E-state index contributed by atoms with van der Waals surface area (Å²) in [6, 6.07) is 0. The van der Waals surface area contributed by atoms with Gasteiger partial charge in [-0.3, -0.25) is 19.2 Å². The number of aliphatic imine (C=N–C) groups is 1. The summed E-state index contributed by atoms with van der Waals surface area (Å²) in [5.41, 5.74) is 0. The van der Waals surface area contributed by atoms with Crippen LogP contribution in [0.3, 0.4) is 0 Å². The number of methoxy groups -OCH3 is 1. The van der Waals surface area contributed by atoms with Crippen LogP contribution in [0.25, 0.3) is 0 Å². The summed E-state index contributed by atoms with van der Waals surface area (Å²) in [6.07, 6.45) is -5.01. The number of carbonyl (C=O) groups excluding carboxylic acids is 5. The third-order valence-corrected chi connectivity index (χ3v) is 3.87. The summed E-state index contributed by atoms with van der Waals surface area (Å²) in [6.45, 7) is 3.06. The molecule has 5 atom stereocenters. The number of nitrogens with zero attached hydrogens (tertiary/aromatic N) is 1. The predicted octanol–water partition coefficient (Wildman–Crippen LogP) is -0.767. The lowest BCUT2D eigenvalue weighted by Gasteiger charge is -2.43. The van der Waals surface area contributed by atoms with Crippen LogP contribution < -0.4 is 0 Å². The van der Waals surface area contributed by atoms with Crippen molar-refractivity contribution >= 4 is 35.6 Å². The first kappa shape index (κ1) is 23.0. The van der Waals surface area contributed by atoms with Crippen molar-refractivity contribution in [3.8, 4) is 0 Å². The molecule has 0 saturated carbocycles. The molecule has 0 aromatic heterocycles. The van der Waals surface area contributed by atoms with Crippen molar-refractivity contribution in [2.45, 2.75) is 51.5 Å². The maximum atomic E-state index is 12.3. The highest BCUT2D eigenvalue weighted by Crippen LogP contribution is 2.30. The average molecular weight is 427 g/mol. The van der Waals surface area contributed by atoms with Crippen LogP contribution in [0.5, 0.6) is 0 Å². The van der Waals surface area contributed by atoms with E-state index in [0.717, 1.165) is 27.9 Å². The summed E-state index contributed by atoms with van der Waals surface area (Å²) in [4.78, 5) is 62.4. The van der Waals surface area contributed by atoms with E-state index in [1.807, 2.05) is 0 Å². The SMILES string of the molecule is COC(=O)C1OC(OC2=NCC(=O)C=C2)C(OC(C)=O)C(OC(C)=O)C1OC(C)=O. The maximum Gasteiger partial charge on any atom is 0.339 e. The fourth-order valence-electron chi connectivity index (χ4n) is 2.80. The van der Waals surface area contributed by atoms with Crippen molar-refractivity contribution < 1.29 is 52.4 Å². The Morgan fingerprint density at radius 3 is 2.00 bits per heavy atom. The van der Waals surface area contributed by atoms with Crippen LogP contribution in [0, 0.1) is 0 Å². The van der Waals surface area contributed by atoms with E-state index >= 15 is 0 Å². The minimum atomic E-state index is -1.57. The Balaban J connectivity index is 2.44. The molecule has 0 aromatic rings. The third kappa shape index (κ3) is 5.86. The molecule has 0 radical (unpaired) electrons. The van der Waals surface area contributed by atoms with Gasteiger partial charge >= 0.3 is 23.9 Å². The molecule has 164 valence electrons. The molecule has 0 bridgehead atoms. The normalized spacial score (nSPS) is 28.1. The van der Waals surface area contributed by atoms with Gasteiger partial charge < -0.3 is 28.4 Å². The molecule has 0 amide bonds. The van der Waals surface area contributed by atoms with Crippen molar-refractivity contribution in [3.05, 3.63) is 12.2 Å². The van der Waals surface area contributed by atoms with Gasteiger partial charge in [-0.25, -0.2) is 9.79 Å². The van der Waals surface area contributed by atoms with Gasteiger partial charge in [0.2, 0.25) is 18.3 Å². The Hall–Kier alpha value is -3.28. The Kier molecular flexibility index (Phi) is 7.64. The van der Waals surface area contributed by atoms with Gasteiger partial charge in [0.1, 0.15) is 6.54 Å². The molecular weight excluding hydrogens is 406 g/mol. The van der Waals surface area contributed by atoms with E-state index in [1.54, 1.807) is 0 Å². The Morgan fingerprint density at radius 2 is 1.50 bits per heavy atom. The fraction of sp³-hybridized carbons (Fsp3) is 0.556. The molecule has 5 unspecified atom stereocenters. The van der Waals surface area contributed by atoms with Crippen molar-refractivity contribution in [3.63, 3.8) is 0 Å². The van der Waals surface area contributed by atoms with E-state index < -0.39 is 54.6 Å². The van der Waals surface area contributed by atoms with Gasteiger partial charge in [-0.2, -0.15) is 0 Å². The molecule has 12 heteroatoms. The number of carbonyl (C=O) groups is 5. The van der Waals surface area contributed by atoms with Crippen LogP contribution in [0.15, 0.2) is 17.1 Å². The quantitative estimate of drug-likeness (QED) is 0.401. The van der Waals surface area contributed by atoms with Crippen LogP contribution >= 0.6 is 0 Å². The van der Waals surface area contributed by atoms with Crippen molar-refractivity contribution in [1.82, 2.24) is 0 Å². The second-order valence-corrected chi connectivity index (χ2v) is 6.24. The largest absolute Gasteiger partial charge is 0.467 e. The van der Waals surface area contributed by atoms with Crippen molar-refractivity contribution in [2.24, 2.45) is 4.99 Å². The molecule has 1 saturated heterocycles. The highest BCUT2D eigenvalue weighted by atomic mass is 16.7. The number of hydrogen-bond acceptors (Lipinski definition) is 12. The van der Waals surface area contributed by atoms with Gasteiger partial charge in [0.05, 0.1) is 7.11 Å². The van der Waals surface area contributed by atoms with Crippen LogP contribution in [-0.2, 0) is 52.4 Å². The molecule has 0 N–H and O–H groups in total. The molecular formula is C18H21NO11. The average Bonchev–Trinajstić information content (AvgIpc) is 2.66. The molecule has 0 aliphatic carbocycles. The Bertz CT molecular complexity index is 787. The first-order valence-electron chi connectivity index (χ1n) is 8.79. The molecule has 0 aromatic carbocycles. The van der Waals surface area contributed by atoms with Crippen LogP contribution in [0.4, 0.5) is 0 Å². The van der Waals surface area contributed by atoms with E-state index in [4.69, 9.17) is 23.7 Å². The summed E-state index contributed by atoms with van der Waals surface area (Å²) >= 11 is 0. The highest BCUT2D eigenvalue weighted by Gasteiger charge is 2.56. The summed E-state index contributed by atoms with van der Waals surface area (Å²) in [5, 5.41) is 0. The van der Waals surface area contributed by atoms with E-state index in [-0.39, 0.29) is 18.2 Å². The number of ether oxygens (including phenoxy) is 6. The first-order valence-corrected chi connectivity index (χ1v) is 8.79. The van der Waals surface area contributed by atoms with Crippen molar-refractivity contribution in [1.29, 1.82) is 0 Å². The van der Waals surface area contributed by atoms with Gasteiger partial charge in [0.25, 0.3) is 0 Å². The van der Waals surface area contributed by atoms with Gasteiger partial charge in [-0.05, 0) is 6.08 Å². The van der Waals surface area contributed by atoms with Gasteiger partial charge in [-0.1, -0.05) is 0 Å². The minimum absolute atomic E-state index is 0.0483. The van der Waals surface area contributed by atoms with Crippen LogP contribution in [0.2, 0.25) is 0 Å². The van der Waals surface area contributed by atoms with E-state index in [2.05, 4.69) is 9.73 Å². The second-order valence-electron chi connectivity index (χ2n) is 6.24. The van der Waals surface area contributed by atoms with Crippen LogP contribution in [-0.4, -0.2) is 79.9 Å². The summed E-state index contributed by atoms with van der Waals surface area (Å²) in [7, 11) is 1.07. The van der Waals surface area contributed by atoms with Gasteiger partial charge in [-0.15, -0.1) is 0 Å². The third-order valence-electron chi connectivity index (χ3n) is 3.87. The molecule has 30 heavy (non-hydrogen) atoms. The van der Waals surface area contributed by atoms with Gasteiger partial charge in [0.15, 0.2) is 24.1 Å². The first-order chi connectivity index (χ1) is 14.1. The lowest BCUT2D eigenvalue weighted by molar-refractivity contribution is -0.285. The summed E-state index contributed by atoms with van der Waals surface area (Å²) < 4.78 is 31.3. The van der Waals surface area contributed by atoms with Crippen molar-refractivity contribution in [2.75, 3.05) is 13.7 Å². The number of esters is 4. The Labute approximate surface area is 171 Å². The molecule has 2 aliphatic heterocycles. The number of hydrogen-bond donors (Lipinski definition) is 0. The lowest BCUT2D eigenvalue weighted by Crippen LogP contribution is -2.64. The zero-order valence-electron chi connectivity index (χ0n) is 16.7. The summed E-state index contributed by atoms with van der Waals surface area (Å²) in [5.74, 6) is -3.67. The van der Waals surface area contributed by atoms with E-state index in [0.29, 0.717) is 0 Å². The monoisotopic (exact) mass is 427 g/mol.